The lowest BCUT2D eigenvalue weighted by molar-refractivity contribution is 0.446. The van der Waals surface area contributed by atoms with Gasteiger partial charge in [0.15, 0.2) is 0 Å². The van der Waals surface area contributed by atoms with Crippen molar-refractivity contribution in [1.29, 1.82) is 0 Å². The van der Waals surface area contributed by atoms with Crippen molar-refractivity contribution in [2.24, 2.45) is 0 Å². The molecule has 0 aliphatic heterocycles. The second-order valence-electron chi connectivity index (χ2n) is 13.6. The Morgan fingerprint density at radius 1 is 0.449 bits per heavy atom. The van der Waals surface area contributed by atoms with E-state index in [1.807, 2.05) is 0 Å². The Balaban J connectivity index is 1.19. The SMILES string of the molecule is c1ccc(-c2cccc3oc4cc(N(c5ccc(C6(c7ccccc7)CCCCCC6)cc5)c5ccc6ccccc6c5)ccc4c23)cc1. The minimum atomic E-state index is 0.0493. The van der Waals surface area contributed by atoms with Crippen LogP contribution >= 0.6 is 0 Å². The molecule has 1 aromatic heterocycles. The molecule has 0 radical (unpaired) electrons. The highest BCUT2D eigenvalue weighted by Crippen LogP contribution is 2.46. The van der Waals surface area contributed by atoms with E-state index < -0.39 is 0 Å². The summed E-state index contributed by atoms with van der Waals surface area (Å²) >= 11 is 0. The summed E-state index contributed by atoms with van der Waals surface area (Å²) in [6.45, 7) is 0. The van der Waals surface area contributed by atoms with E-state index in [1.54, 1.807) is 0 Å². The van der Waals surface area contributed by atoms with Crippen LogP contribution in [0.15, 0.2) is 168 Å². The zero-order valence-electron chi connectivity index (χ0n) is 27.7. The van der Waals surface area contributed by atoms with Gasteiger partial charge in [-0.15, -0.1) is 0 Å². The van der Waals surface area contributed by atoms with E-state index in [0.29, 0.717) is 0 Å². The van der Waals surface area contributed by atoms with Crippen LogP contribution in [0, 0.1) is 0 Å². The molecule has 49 heavy (non-hydrogen) atoms. The Bertz CT molecular complexity index is 2380. The van der Waals surface area contributed by atoms with Gasteiger partial charge in [-0.3, -0.25) is 0 Å². The zero-order valence-corrected chi connectivity index (χ0v) is 27.7. The zero-order chi connectivity index (χ0) is 32.6. The fourth-order valence-electron chi connectivity index (χ4n) is 8.34. The number of benzene rings is 7. The van der Waals surface area contributed by atoms with Gasteiger partial charge in [0.05, 0.1) is 0 Å². The van der Waals surface area contributed by atoms with Gasteiger partial charge in [0.1, 0.15) is 11.2 Å². The van der Waals surface area contributed by atoms with Crippen molar-refractivity contribution in [1.82, 2.24) is 0 Å². The minimum absolute atomic E-state index is 0.0493. The number of hydrogen-bond donors (Lipinski definition) is 0. The van der Waals surface area contributed by atoms with Gasteiger partial charge in [-0.2, -0.15) is 0 Å². The molecule has 2 nitrogen and oxygen atoms in total. The molecule has 0 bridgehead atoms. The van der Waals surface area contributed by atoms with Gasteiger partial charge in [-0.05, 0) is 88.3 Å². The molecule has 0 unspecified atom stereocenters. The quantitative estimate of drug-likeness (QED) is 0.169. The molecule has 238 valence electrons. The van der Waals surface area contributed by atoms with Crippen molar-refractivity contribution >= 4 is 49.8 Å². The average Bonchev–Trinajstić information content (AvgIpc) is 3.35. The van der Waals surface area contributed by atoms with Crippen LogP contribution in [0.25, 0.3) is 43.8 Å². The summed E-state index contributed by atoms with van der Waals surface area (Å²) in [4.78, 5) is 2.38. The first-order valence-electron chi connectivity index (χ1n) is 17.7. The van der Waals surface area contributed by atoms with E-state index in [1.165, 1.54) is 71.6 Å². The van der Waals surface area contributed by atoms with Gasteiger partial charge in [0.25, 0.3) is 0 Å². The van der Waals surface area contributed by atoms with Crippen LogP contribution in [0.2, 0.25) is 0 Å². The van der Waals surface area contributed by atoms with E-state index in [-0.39, 0.29) is 5.41 Å². The van der Waals surface area contributed by atoms with Gasteiger partial charge < -0.3 is 9.32 Å². The van der Waals surface area contributed by atoms with Gasteiger partial charge in [0, 0.05) is 39.3 Å². The number of hydrogen-bond acceptors (Lipinski definition) is 2. The van der Waals surface area contributed by atoms with Crippen LogP contribution < -0.4 is 4.90 Å². The summed E-state index contributed by atoms with van der Waals surface area (Å²) in [7, 11) is 0. The Morgan fingerprint density at radius 3 is 1.86 bits per heavy atom. The Hall–Kier alpha value is -5.60. The monoisotopic (exact) mass is 633 g/mol. The molecule has 0 N–H and O–H groups in total. The molecule has 1 fully saturated rings. The summed E-state index contributed by atoms with van der Waals surface area (Å²) < 4.78 is 6.59. The standard InChI is InChI=1S/C47H39NO/c1-2-12-31-47(30-11-1,37-18-7-4-8-19-37)38-23-26-39(27-24-38)48(40-25-22-34-14-9-10-17-36(34)32-40)41-28-29-43-45(33-41)49-44-21-13-20-42(46(43)44)35-15-5-3-6-16-35/h3-10,13-29,32-33H,1-2,11-12,30-31H2. The van der Waals surface area contributed by atoms with Gasteiger partial charge in [0.2, 0.25) is 0 Å². The number of rotatable bonds is 6. The first kappa shape index (κ1) is 29.5. The fraction of sp³-hybridized carbons (Fsp3) is 0.149. The number of furan rings is 1. The third kappa shape index (κ3) is 5.29. The number of anilines is 3. The number of nitrogens with zero attached hydrogens (tertiary/aromatic N) is 1. The van der Waals surface area contributed by atoms with Crippen LogP contribution in [-0.4, -0.2) is 0 Å². The van der Waals surface area contributed by atoms with E-state index in [2.05, 4.69) is 169 Å². The van der Waals surface area contributed by atoms with E-state index in [0.717, 1.165) is 39.0 Å². The highest BCUT2D eigenvalue weighted by Gasteiger charge is 2.34. The van der Waals surface area contributed by atoms with Crippen molar-refractivity contribution in [3.63, 3.8) is 0 Å². The highest BCUT2D eigenvalue weighted by atomic mass is 16.3. The van der Waals surface area contributed by atoms with Crippen LogP contribution in [-0.2, 0) is 5.41 Å². The van der Waals surface area contributed by atoms with E-state index >= 15 is 0 Å². The fourth-order valence-corrected chi connectivity index (χ4v) is 8.34. The molecule has 0 saturated heterocycles. The lowest BCUT2D eigenvalue weighted by Crippen LogP contribution is -2.27. The minimum Gasteiger partial charge on any atom is -0.456 e. The average molecular weight is 634 g/mol. The summed E-state index contributed by atoms with van der Waals surface area (Å²) in [6, 6.07) is 59.7. The Kier molecular flexibility index (Phi) is 7.50. The first-order chi connectivity index (χ1) is 24.3. The Morgan fingerprint density at radius 2 is 1.08 bits per heavy atom. The molecule has 9 rings (SSSR count). The van der Waals surface area contributed by atoms with Crippen molar-refractivity contribution in [2.45, 2.75) is 43.9 Å². The van der Waals surface area contributed by atoms with Crippen molar-refractivity contribution in [3.05, 3.63) is 175 Å². The predicted octanol–water partition coefficient (Wildman–Crippen LogP) is 13.5. The molecule has 7 aromatic carbocycles. The molecule has 2 heteroatoms. The third-order valence-electron chi connectivity index (χ3n) is 10.8. The smallest absolute Gasteiger partial charge is 0.137 e. The molecule has 1 saturated carbocycles. The topological polar surface area (TPSA) is 16.4 Å². The molecule has 1 aliphatic rings. The van der Waals surface area contributed by atoms with Crippen LogP contribution in [0.5, 0.6) is 0 Å². The molecule has 1 heterocycles. The number of fused-ring (bicyclic) bond motifs is 4. The Labute approximate surface area is 288 Å². The maximum absolute atomic E-state index is 6.59. The molecule has 0 atom stereocenters. The first-order valence-corrected chi connectivity index (χ1v) is 17.7. The summed E-state index contributed by atoms with van der Waals surface area (Å²) in [6.07, 6.45) is 7.56. The summed E-state index contributed by atoms with van der Waals surface area (Å²) in [5.74, 6) is 0. The van der Waals surface area contributed by atoms with Crippen LogP contribution in [0.3, 0.4) is 0 Å². The predicted molar refractivity (Wildman–Crippen MR) is 206 cm³/mol. The molecular formula is C47H39NO. The molecule has 1 aliphatic carbocycles. The lowest BCUT2D eigenvalue weighted by Gasteiger charge is -2.35. The molecule has 8 aromatic rings. The van der Waals surface area contributed by atoms with E-state index in [9.17, 15) is 0 Å². The lowest BCUT2D eigenvalue weighted by atomic mass is 9.69. The van der Waals surface area contributed by atoms with E-state index in [4.69, 9.17) is 4.42 Å². The van der Waals surface area contributed by atoms with Crippen LogP contribution in [0.4, 0.5) is 17.1 Å². The van der Waals surface area contributed by atoms with Gasteiger partial charge >= 0.3 is 0 Å². The summed E-state index contributed by atoms with van der Waals surface area (Å²) in [5, 5.41) is 4.75. The second-order valence-corrected chi connectivity index (χ2v) is 13.6. The van der Waals surface area contributed by atoms with Crippen molar-refractivity contribution in [2.75, 3.05) is 4.90 Å². The van der Waals surface area contributed by atoms with Crippen LogP contribution in [0.1, 0.15) is 49.7 Å². The maximum Gasteiger partial charge on any atom is 0.137 e. The second kappa shape index (κ2) is 12.5. The highest BCUT2D eigenvalue weighted by molar-refractivity contribution is 6.13. The largest absolute Gasteiger partial charge is 0.456 e. The van der Waals surface area contributed by atoms with Gasteiger partial charge in [-0.1, -0.05) is 141 Å². The molecule has 0 spiro atoms. The van der Waals surface area contributed by atoms with Gasteiger partial charge in [-0.25, -0.2) is 0 Å². The maximum atomic E-state index is 6.59. The normalized spacial score (nSPS) is 14.6. The molecular weight excluding hydrogens is 595 g/mol. The third-order valence-corrected chi connectivity index (χ3v) is 10.8. The molecule has 0 amide bonds. The van der Waals surface area contributed by atoms with Crippen molar-refractivity contribution in [3.8, 4) is 11.1 Å². The van der Waals surface area contributed by atoms with Crippen molar-refractivity contribution < 1.29 is 4.42 Å². The summed E-state index contributed by atoms with van der Waals surface area (Å²) in [5.41, 5.74) is 10.4.